The quantitative estimate of drug-likeness (QED) is 0.844. The van der Waals surface area contributed by atoms with Crippen molar-refractivity contribution in [3.05, 3.63) is 35.9 Å². The summed E-state index contributed by atoms with van der Waals surface area (Å²) in [5, 5.41) is 10.4. The fraction of sp³-hybridized carbons (Fsp3) is 0.600. The van der Waals surface area contributed by atoms with Crippen LogP contribution in [0.1, 0.15) is 25.3 Å². The van der Waals surface area contributed by atoms with Crippen LogP contribution in [0.15, 0.2) is 30.3 Å². The normalized spacial score (nSPS) is 37.3. The molecule has 1 saturated heterocycles. The lowest BCUT2D eigenvalue weighted by atomic mass is 9.82. The summed E-state index contributed by atoms with van der Waals surface area (Å²) < 4.78 is 0. The fourth-order valence-electron chi connectivity index (χ4n) is 3.54. The summed E-state index contributed by atoms with van der Waals surface area (Å²) in [5.74, 6) is 0.954. The highest BCUT2D eigenvalue weighted by atomic mass is 16.3. The monoisotopic (exact) mass is 231 g/mol. The van der Waals surface area contributed by atoms with E-state index in [1.54, 1.807) is 0 Å². The first-order valence-electron chi connectivity index (χ1n) is 6.65. The van der Waals surface area contributed by atoms with Crippen LogP contribution >= 0.6 is 0 Å². The Hall–Kier alpha value is -0.860. The SMILES string of the molecule is CC1(O)[C@H]2CC[C@H]1CN(Cc1ccccc1)C2. The fourth-order valence-corrected chi connectivity index (χ4v) is 3.54. The summed E-state index contributed by atoms with van der Waals surface area (Å²) >= 11 is 0. The molecule has 17 heavy (non-hydrogen) atoms. The van der Waals surface area contributed by atoms with Crippen molar-refractivity contribution in [1.82, 2.24) is 4.90 Å². The molecule has 0 amide bonds. The van der Waals surface area contributed by atoms with Crippen LogP contribution in [-0.4, -0.2) is 28.7 Å². The predicted molar refractivity (Wildman–Crippen MR) is 68.6 cm³/mol. The van der Waals surface area contributed by atoms with Crippen molar-refractivity contribution in [3.8, 4) is 0 Å². The number of likely N-dealkylation sites (tertiary alicyclic amines) is 1. The lowest BCUT2D eigenvalue weighted by molar-refractivity contribution is -0.0707. The summed E-state index contributed by atoms with van der Waals surface area (Å²) in [6.45, 7) is 5.18. The third-order valence-corrected chi connectivity index (χ3v) is 4.72. The van der Waals surface area contributed by atoms with Crippen molar-refractivity contribution in [2.45, 2.75) is 31.9 Å². The van der Waals surface area contributed by atoms with E-state index in [0.717, 1.165) is 19.6 Å². The first-order chi connectivity index (χ1) is 8.16. The molecule has 2 fully saturated rings. The van der Waals surface area contributed by atoms with Crippen LogP contribution in [0, 0.1) is 11.8 Å². The largest absolute Gasteiger partial charge is 0.390 e. The molecule has 0 spiro atoms. The molecule has 1 aromatic rings. The molecule has 2 nitrogen and oxygen atoms in total. The molecular weight excluding hydrogens is 210 g/mol. The van der Waals surface area contributed by atoms with Gasteiger partial charge in [-0.15, -0.1) is 0 Å². The van der Waals surface area contributed by atoms with Gasteiger partial charge in [0.15, 0.2) is 0 Å². The summed E-state index contributed by atoms with van der Waals surface area (Å²) in [5.41, 5.74) is 0.973. The number of benzene rings is 1. The van der Waals surface area contributed by atoms with Gasteiger partial charge in [-0.1, -0.05) is 30.3 Å². The molecule has 1 heterocycles. The highest BCUT2D eigenvalue weighted by Crippen LogP contribution is 2.44. The summed E-state index contributed by atoms with van der Waals surface area (Å²) in [7, 11) is 0. The molecule has 3 rings (SSSR count). The summed E-state index contributed by atoms with van der Waals surface area (Å²) in [4.78, 5) is 2.51. The topological polar surface area (TPSA) is 23.5 Å². The van der Waals surface area contributed by atoms with Gasteiger partial charge in [-0.2, -0.15) is 0 Å². The van der Waals surface area contributed by atoms with Gasteiger partial charge in [0.25, 0.3) is 0 Å². The van der Waals surface area contributed by atoms with E-state index in [-0.39, 0.29) is 0 Å². The Morgan fingerprint density at radius 2 is 1.76 bits per heavy atom. The predicted octanol–water partition coefficient (Wildman–Crippen LogP) is 2.28. The van der Waals surface area contributed by atoms with Crippen LogP contribution in [0.5, 0.6) is 0 Å². The number of aliphatic hydroxyl groups is 1. The number of nitrogens with zero attached hydrogens (tertiary/aromatic N) is 1. The molecule has 92 valence electrons. The van der Waals surface area contributed by atoms with Crippen molar-refractivity contribution in [2.24, 2.45) is 11.8 Å². The van der Waals surface area contributed by atoms with Gasteiger partial charge in [-0.25, -0.2) is 0 Å². The Balaban J connectivity index is 1.69. The van der Waals surface area contributed by atoms with Gasteiger partial charge < -0.3 is 5.11 Å². The average Bonchev–Trinajstić information content (AvgIpc) is 2.53. The maximum Gasteiger partial charge on any atom is 0.0700 e. The van der Waals surface area contributed by atoms with E-state index < -0.39 is 5.60 Å². The highest BCUT2D eigenvalue weighted by molar-refractivity contribution is 5.15. The molecule has 0 radical (unpaired) electrons. The van der Waals surface area contributed by atoms with E-state index in [4.69, 9.17) is 0 Å². The Morgan fingerprint density at radius 3 is 2.35 bits per heavy atom. The van der Waals surface area contributed by atoms with E-state index >= 15 is 0 Å². The van der Waals surface area contributed by atoms with Crippen LogP contribution in [0.25, 0.3) is 0 Å². The maximum atomic E-state index is 10.4. The molecule has 2 heteroatoms. The van der Waals surface area contributed by atoms with E-state index in [1.165, 1.54) is 18.4 Å². The smallest absolute Gasteiger partial charge is 0.0700 e. The lowest BCUT2D eigenvalue weighted by Crippen LogP contribution is -2.51. The first kappa shape index (κ1) is 11.2. The van der Waals surface area contributed by atoms with Crippen LogP contribution < -0.4 is 0 Å². The van der Waals surface area contributed by atoms with Gasteiger partial charge in [0.1, 0.15) is 0 Å². The minimum absolute atomic E-state index is 0.410. The van der Waals surface area contributed by atoms with Crippen molar-refractivity contribution < 1.29 is 5.11 Å². The van der Waals surface area contributed by atoms with Crippen molar-refractivity contribution >= 4 is 0 Å². The first-order valence-corrected chi connectivity index (χ1v) is 6.65. The molecular formula is C15H21NO. The van der Waals surface area contributed by atoms with Crippen LogP contribution in [-0.2, 0) is 6.54 Å². The molecule has 2 aliphatic rings. The van der Waals surface area contributed by atoms with Crippen LogP contribution in [0.4, 0.5) is 0 Å². The number of rotatable bonds is 2. The Kier molecular flexibility index (Phi) is 2.72. The van der Waals surface area contributed by atoms with E-state index in [0.29, 0.717) is 11.8 Å². The second-order valence-electron chi connectivity index (χ2n) is 5.88. The lowest BCUT2D eigenvalue weighted by Gasteiger charge is -2.42. The van der Waals surface area contributed by atoms with Crippen molar-refractivity contribution in [1.29, 1.82) is 0 Å². The number of hydrogen-bond acceptors (Lipinski definition) is 2. The van der Waals surface area contributed by atoms with E-state index in [9.17, 15) is 5.11 Å². The zero-order valence-electron chi connectivity index (χ0n) is 10.5. The molecule has 0 unspecified atom stereocenters. The van der Waals surface area contributed by atoms with Gasteiger partial charge >= 0.3 is 0 Å². The summed E-state index contributed by atoms with van der Waals surface area (Å²) in [6, 6.07) is 10.6. The average molecular weight is 231 g/mol. The summed E-state index contributed by atoms with van der Waals surface area (Å²) in [6.07, 6.45) is 2.39. The highest BCUT2D eigenvalue weighted by Gasteiger charge is 2.49. The molecule has 2 atom stereocenters. The van der Waals surface area contributed by atoms with Crippen LogP contribution in [0.3, 0.4) is 0 Å². The van der Waals surface area contributed by atoms with Crippen molar-refractivity contribution in [2.75, 3.05) is 13.1 Å². The van der Waals surface area contributed by atoms with E-state index in [2.05, 4.69) is 35.2 Å². The Morgan fingerprint density at radius 1 is 1.18 bits per heavy atom. The van der Waals surface area contributed by atoms with Gasteiger partial charge in [-0.3, -0.25) is 4.90 Å². The second kappa shape index (κ2) is 4.11. The molecule has 1 N–H and O–H groups in total. The standard InChI is InChI=1S/C15H21NO/c1-15(17)13-7-8-14(15)11-16(10-13)9-12-5-3-2-4-6-12/h2-6,13-14,17H,7-11H2,1H3/t13-,14-/m0/s1. The second-order valence-corrected chi connectivity index (χ2v) is 5.88. The van der Waals surface area contributed by atoms with Crippen LogP contribution in [0.2, 0.25) is 0 Å². The molecule has 1 saturated carbocycles. The van der Waals surface area contributed by atoms with Gasteiger partial charge in [0.2, 0.25) is 0 Å². The third kappa shape index (κ3) is 2.00. The van der Waals surface area contributed by atoms with Gasteiger partial charge in [0.05, 0.1) is 5.60 Å². The molecule has 2 bridgehead atoms. The number of hydrogen-bond donors (Lipinski definition) is 1. The Labute approximate surface area is 103 Å². The maximum absolute atomic E-state index is 10.4. The van der Waals surface area contributed by atoms with E-state index in [1.807, 2.05) is 6.92 Å². The number of piperidine rings is 1. The molecule has 1 aliphatic heterocycles. The van der Waals surface area contributed by atoms with Crippen molar-refractivity contribution in [3.63, 3.8) is 0 Å². The number of fused-ring (bicyclic) bond motifs is 2. The molecule has 1 aliphatic carbocycles. The van der Waals surface area contributed by atoms with Gasteiger partial charge in [0, 0.05) is 31.5 Å². The minimum atomic E-state index is -0.410. The van der Waals surface area contributed by atoms with Gasteiger partial charge in [-0.05, 0) is 25.3 Å². The third-order valence-electron chi connectivity index (χ3n) is 4.72. The zero-order valence-corrected chi connectivity index (χ0v) is 10.5. The minimum Gasteiger partial charge on any atom is -0.390 e. The Bertz CT molecular complexity index is 371. The molecule has 1 aromatic carbocycles. The zero-order chi connectivity index (χ0) is 11.9. The molecule has 0 aromatic heterocycles.